The van der Waals surface area contributed by atoms with Gasteiger partial charge in [0, 0.05) is 17.5 Å². The Morgan fingerprint density at radius 3 is 2.79 bits per heavy atom. The van der Waals surface area contributed by atoms with Crippen molar-refractivity contribution in [3.8, 4) is 0 Å². The lowest BCUT2D eigenvalue weighted by atomic mass is 10.2. The van der Waals surface area contributed by atoms with Crippen LogP contribution in [0.5, 0.6) is 0 Å². The van der Waals surface area contributed by atoms with E-state index in [1.54, 1.807) is 18.2 Å². The van der Waals surface area contributed by atoms with Crippen LogP contribution in [0.1, 0.15) is 12.5 Å². The Bertz CT molecular complexity index is 624. The van der Waals surface area contributed by atoms with Crippen LogP contribution in [0.15, 0.2) is 30.9 Å². The maximum Gasteiger partial charge on any atom is 0.308 e. The second-order valence-corrected chi connectivity index (χ2v) is 4.43. The normalized spacial score (nSPS) is 11.4. The molecule has 2 aromatic rings. The highest BCUT2D eigenvalue weighted by Gasteiger charge is 2.11. The molecule has 0 atom stereocenters. The van der Waals surface area contributed by atoms with Gasteiger partial charge in [-0.1, -0.05) is 23.2 Å². The molecule has 19 heavy (non-hydrogen) atoms. The standard InChI is InChI=1S/C12H9Cl2N3O2/c1-8(18)19-12(5-17-7-15-6-16-17)10-3-2-9(13)4-11(10)14/h2-7H,1H3. The van der Waals surface area contributed by atoms with Crippen LogP contribution in [-0.4, -0.2) is 20.7 Å². The average molecular weight is 298 g/mol. The number of esters is 1. The fourth-order valence-corrected chi connectivity index (χ4v) is 1.90. The third-order valence-electron chi connectivity index (χ3n) is 2.14. The molecular formula is C12H9Cl2N3O2. The molecule has 98 valence electrons. The summed E-state index contributed by atoms with van der Waals surface area (Å²) in [4.78, 5) is 15.0. The van der Waals surface area contributed by atoms with Gasteiger partial charge in [0.2, 0.25) is 0 Å². The highest BCUT2D eigenvalue weighted by atomic mass is 35.5. The minimum absolute atomic E-state index is 0.264. The number of hydrogen-bond donors (Lipinski definition) is 0. The smallest absolute Gasteiger partial charge is 0.308 e. The van der Waals surface area contributed by atoms with Gasteiger partial charge in [0.05, 0.1) is 11.2 Å². The van der Waals surface area contributed by atoms with Gasteiger partial charge >= 0.3 is 5.97 Å². The molecule has 7 heteroatoms. The van der Waals surface area contributed by atoms with Crippen molar-refractivity contribution >= 4 is 41.1 Å². The number of hydrogen-bond acceptors (Lipinski definition) is 4. The van der Waals surface area contributed by atoms with E-state index in [0.717, 1.165) is 0 Å². The van der Waals surface area contributed by atoms with Gasteiger partial charge in [0.1, 0.15) is 12.7 Å². The van der Waals surface area contributed by atoms with Crippen molar-refractivity contribution < 1.29 is 9.53 Å². The predicted octanol–water partition coefficient (Wildman–Crippen LogP) is 3.10. The number of ether oxygens (including phenoxy) is 1. The van der Waals surface area contributed by atoms with Crippen molar-refractivity contribution in [1.82, 2.24) is 14.8 Å². The van der Waals surface area contributed by atoms with Gasteiger partial charge in [-0.05, 0) is 18.2 Å². The summed E-state index contributed by atoms with van der Waals surface area (Å²) >= 11 is 11.9. The number of carbonyl (C=O) groups excluding carboxylic acids is 1. The van der Waals surface area contributed by atoms with E-state index in [4.69, 9.17) is 27.9 Å². The van der Waals surface area contributed by atoms with Crippen LogP contribution < -0.4 is 0 Å². The zero-order valence-corrected chi connectivity index (χ0v) is 11.4. The maximum absolute atomic E-state index is 11.2. The quantitative estimate of drug-likeness (QED) is 0.645. The van der Waals surface area contributed by atoms with Crippen LogP contribution in [0.2, 0.25) is 10.0 Å². The molecule has 0 bridgehead atoms. The highest BCUT2D eigenvalue weighted by molar-refractivity contribution is 6.35. The fraction of sp³-hybridized carbons (Fsp3) is 0.0833. The molecule has 5 nitrogen and oxygen atoms in total. The van der Waals surface area contributed by atoms with Crippen LogP contribution in [0.3, 0.4) is 0 Å². The van der Waals surface area contributed by atoms with Crippen molar-refractivity contribution in [2.45, 2.75) is 6.92 Å². The van der Waals surface area contributed by atoms with Gasteiger partial charge in [0.25, 0.3) is 0 Å². The molecule has 1 aromatic carbocycles. The molecule has 0 aliphatic heterocycles. The van der Waals surface area contributed by atoms with Gasteiger partial charge in [0.15, 0.2) is 5.76 Å². The van der Waals surface area contributed by atoms with Gasteiger partial charge in [-0.15, -0.1) is 0 Å². The molecule has 0 radical (unpaired) electrons. The Morgan fingerprint density at radius 2 is 2.21 bits per heavy atom. The molecule has 0 N–H and O–H groups in total. The first kappa shape index (κ1) is 13.6. The Labute approximate surface area is 119 Å². The van der Waals surface area contributed by atoms with Crippen LogP contribution in [0, 0.1) is 0 Å². The van der Waals surface area contributed by atoms with E-state index in [-0.39, 0.29) is 5.76 Å². The van der Waals surface area contributed by atoms with Crippen molar-refractivity contribution in [2.75, 3.05) is 0 Å². The van der Waals surface area contributed by atoms with Crippen molar-refractivity contribution in [3.05, 3.63) is 46.5 Å². The van der Waals surface area contributed by atoms with Crippen LogP contribution in [-0.2, 0) is 9.53 Å². The number of benzene rings is 1. The number of rotatable bonds is 3. The van der Waals surface area contributed by atoms with E-state index < -0.39 is 5.97 Å². The first-order valence-electron chi connectivity index (χ1n) is 5.26. The molecule has 0 spiro atoms. The Balaban J connectivity index is 2.45. The van der Waals surface area contributed by atoms with E-state index in [9.17, 15) is 4.79 Å². The summed E-state index contributed by atoms with van der Waals surface area (Å²) < 4.78 is 6.54. The Hall–Kier alpha value is -1.85. The van der Waals surface area contributed by atoms with E-state index in [0.29, 0.717) is 15.6 Å². The minimum atomic E-state index is -0.461. The van der Waals surface area contributed by atoms with Crippen molar-refractivity contribution in [2.24, 2.45) is 0 Å². The molecule has 2 rings (SSSR count). The first-order chi connectivity index (χ1) is 9.06. The van der Waals surface area contributed by atoms with E-state index in [2.05, 4.69) is 10.1 Å². The molecule has 0 fully saturated rings. The Kier molecular flexibility index (Phi) is 4.19. The van der Waals surface area contributed by atoms with Gasteiger partial charge in [-0.2, -0.15) is 5.10 Å². The third-order valence-corrected chi connectivity index (χ3v) is 2.68. The lowest BCUT2D eigenvalue weighted by Crippen LogP contribution is -2.01. The topological polar surface area (TPSA) is 57.0 Å². The minimum Gasteiger partial charge on any atom is -0.424 e. The zero-order chi connectivity index (χ0) is 13.8. The monoisotopic (exact) mass is 297 g/mol. The largest absolute Gasteiger partial charge is 0.424 e. The SMILES string of the molecule is CC(=O)OC(=Cn1cncn1)c1ccc(Cl)cc1Cl. The van der Waals surface area contributed by atoms with E-state index >= 15 is 0 Å². The average Bonchev–Trinajstić information content (AvgIpc) is 2.80. The summed E-state index contributed by atoms with van der Waals surface area (Å²) in [5.41, 5.74) is 0.539. The summed E-state index contributed by atoms with van der Waals surface area (Å²) in [6.07, 6.45) is 4.34. The Morgan fingerprint density at radius 1 is 1.42 bits per heavy atom. The predicted molar refractivity (Wildman–Crippen MR) is 72.4 cm³/mol. The molecule has 0 amide bonds. The highest BCUT2D eigenvalue weighted by Crippen LogP contribution is 2.28. The summed E-state index contributed by atoms with van der Waals surface area (Å²) in [6.45, 7) is 1.30. The molecule has 0 saturated carbocycles. The molecular weight excluding hydrogens is 289 g/mol. The zero-order valence-electron chi connectivity index (χ0n) is 9.88. The third kappa shape index (κ3) is 3.56. The lowest BCUT2D eigenvalue weighted by Gasteiger charge is -2.09. The molecule has 0 aliphatic rings. The molecule has 0 aliphatic carbocycles. The number of halogens is 2. The first-order valence-corrected chi connectivity index (χ1v) is 6.01. The van der Waals surface area contributed by atoms with Gasteiger partial charge in [-0.25, -0.2) is 9.67 Å². The maximum atomic E-state index is 11.2. The number of aromatic nitrogens is 3. The van der Waals surface area contributed by atoms with E-state index in [1.807, 2.05) is 0 Å². The molecule has 1 aromatic heterocycles. The summed E-state index contributed by atoms with van der Waals surface area (Å²) in [6, 6.07) is 4.88. The van der Waals surface area contributed by atoms with Gasteiger partial charge < -0.3 is 4.74 Å². The summed E-state index contributed by atoms with van der Waals surface area (Å²) in [5.74, 6) is -0.197. The molecule has 1 heterocycles. The lowest BCUT2D eigenvalue weighted by molar-refractivity contribution is -0.134. The van der Waals surface area contributed by atoms with Crippen LogP contribution in [0.4, 0.5) is 0 Å². The van der Waals surface area contributed by atoms with Crippen LogP contribution >= 0.6 is 23.2 Å². The second kappa shape index (κ2) is 5.86. The fourth-order valence-electron chi connectivity index (χ4n) is 1.40. The summed E-state index contributed by atoms with van der Waals surface area (Å²) in [7, 11) is 0. The van der Waals surface area contributed by atoms with E-state index in [1.165, 1.54) is 30.5 Å². The van der Waals surface area contributed by atoms with Crippen LogP contribution in [0.25, 0.3) is 12.0 Å². The number of nitrogens with zero attached hydrogens (tertiary/aromatic N) is 3. The molecule has 0 saturated heterocycles. The summed E-state index contributed by atoms with van der Waals surface area (Å²) in [5, 5.41) is 4.78. The molecule has 0 unspecified atom stereocenters. The second-order valence-electron chi connectivity index (χ2n) is 3.59. The van der Waals surface area contributed by atoms with Crippen molar-refractivity contribution in [1.29, 1.82) is 0 Å². The van der Waals surface area contributed by atoms with Crippen molar-refractivity contribution in [3.63, 3.8) is 0 Å². The number of carbonyl (C=O) groups is 1. The van der Waals surface area contributed by atoms with Gasteiger partial charge in [-0.3, -0.25) is 4.79 Å².